The molecule has 0 radical (unpaired) electrons. The van der Waals surface area contributed by atoms with Gasteiger partial charge >= 0.3 is 0 Å². The molecule has 0 aliphatic carbocycles. The highest BCUT2D eigenvalue weighted by atomic mass is 32.1. The van der Waals surface area contributed by atoms with Gasteiger partial charge in [-0.25, -0.2) is 4.98 Å². The Labute approximate surface area is 88.3 Å². The van der Waals surface area contributed by atoms with Gasteiger partial charge in [0.25, 0.3) is 0 Å². The summed E-state index contributed by atoms with van der Waals surface area (Å²) in [5.41, 5.74) is 6.90. The highest BCUT2D eigenvalue weighted by Crippen LogP contribution is 2.32. The topological polar surface area (TPSA) is 48.1 Å². The van der Waals surface area contributed by atoms with E-state index < -0.39 is 5.54 Å². The van der Waals surface area contributed by atoms with Crippen LogP contribution < -0.4 is 5.73 Å². The first-order valence-corrected chi connectivity index (χ1v) is 5.82. The number of hydrogen-bond donors (Lipinski definition) is 1. The van der Waals surface area contributed by atoms with Crippen molar-refractivity contribution >= 4 is 11.3 Å². The predicted molar refractivity (Wildman–Crippen MR) is 57.4 cm³/mol. The number of hydrogen-bond acceptors (Lipinski definition) is 4. The van der Waals surface area contributed by atoms with Crippen molar-refractivity contribution in [3.63, 3.8) is 0 Å². The second-order valence-electron chi connectivity index (χ2n) is 4.08. The van der Waals surface area contributed by atoms with Gasteiger partial charge in [0.05, 0.1) is 11.6 Å². The number of rotatable bonds is 2. The summed E-state index contributed by atoms with van der Waals surface area (Å²) in [5.74, 6) is 0. The summed E-state index contributed by atoms with van der Waals surface area (Å²) in [6.07, 6.45) is 2.29. The molecule has 1 aliphatic heterocycles. The van der Waals surface area contributed by atoms with Gasteiger partial charge in [0.2, 0.25) is 0 Å². The highest BCUT2D eigenvalue weighted by Gasteiger charge is 2.37. The number of ether oxygens (including phenoxy) is 1. The third kappa shape index (κ3) is 1.69. The Bertz CT molecular complexity index is 316. The first kappa shape index (κ1) is 10.1. The molecule has 0 spiro atoms. The summed E-state index contributed by atoms with van der Waals surface area (Å²) in [7, 11) is 0. The maximum absolute atomic E-state index is 6.28. The number of nitrogens with zero attached hydrogens (tertiary/aromatic N) is 1. The van der Waals surface area contributed by atoms with E-state index in [1.807, 2.05) is 19.2 Å². The minimum absolute atomic E-state index is 0.132. The Morgan fingerprint density at radius 3 is 3.00 bits per heavy atom. The van der Waals surface area contributed by atoms with Crippen molar-refractivity contribution in [3.8, 4) is 0 Å². The van der Waals surface area contributed by atoms with Gasteiger partial charge in [0.1, 0.15) is 5.01 Å². The lowest BCUT2D eigenvalue weighted by Gasteiger charge is -2.28. The zero-order valence-corrected chi connectivity index (χ0v) is 9.43. The predicted octanol–water partition coefficient (Wildman–Crippen LogP) is 1.80. The summed E-state index contributed by atoms with van der Waals surface area (Å²) >= 11 is 1.63. The van der Waals surface area contributed by atoms with E-state index in [2.05, 4.69) is 4.98 Å². The van der Waals surface area contributed by atoms with Gasteiger partial charge in [-0.2, -0.15) is 0 Å². The lowest BCUT2D eigenvalue weighted by atomic mass is 9.95. The Balaban J connectivity index is 2.22. The molecule has 14 heavy (non-hydrogen) atoms. The lowest BCUT2D eigenvalue weighted by Crippen LogP contribution is -2.44. The molecule has 0 aromatic carbocycles. The quantitative estimate of drug-likeness (QED) is 0.813. The van der Waals surface area contributed by atoms with Crippen molar-refractivity contribution in [2.24, 2.45) is 5.73 Å². The first-order chi connectivity index (χ1) is 6.60. The van der Waals surface area contributed by atoms with E-state index in [1.54, 1.807) is 11.3 Å². The third-order valence-corrected chi connectivity index (χ3v) is 3.89. The number of nitrogens with two attached hydrogens (primary N) is 1. The molecule has 0 amide bonds. The van der Waals surface area contributed by atoms with E-state index in [9.17, 15) is 0 Å². The van der Waals surface area contributed by atoms with Crippen LogP contribution in [0.4, 0.5) is 0 Å². The summed E-state index contributed by atoms with van der Waals surface area (Å²) in [6, 6.07) is 0. The van der Waals surface area contributed by atoms with Gasteiger partial charge in [-0.15, -0.1) is 11.3 Å². The molecule has 2 unspecified atom stereocenters. The van der Waals surface area contributed by atoms with E-state index >= 15 is 0 Å². The number of aromatic nitrogens is 1. The van der Waals surface area contributed by atoms with Crippen molar-refractivity contribution in [1.82, 2.24) is 4.98 Å². The van der Waals surface area contributed by atoms with Crippen LogP contribution >= 0.6 is 11.3 Å². The monoisotopic (exact) mass is 212 g/mol. The second kappa shape index (κ2) is 3.61. The first-order valence-electron chi connectivity index (χ1n) is 4.94. The molecule has 2 N–H and O–H groups in total. The SMILES string of the molecule is Cc1csc(C(C)(N)C2CCCO2)n1. The van der Waals surface area contributed by atoms with Crippen molar-refractivity contribution in [2.45, 2.75) is 38.3 Å². The maximum atomic E-state index is 6.28. The van der Waals surface area contributed by atoms with Crippen LogP contribution in [0.2, 0.25) is 0 Å². The Hall–Kier alpha value is -0.450. The average molecular weight is 212 g/mol. The normalized spacial score (nSPS) is 26.4. The van der Waals surface area contributed by atoms with Crippen molar-refractivity contribution in [2.75, 3.05) is 6.61 Å². The van der Waals surface area contributed by atoms with Crippen LogP contribution in [-0.4, -0.2) is 17.7 Å². The van der Waals surface area contributed by atoms with E-state index in [4.69, 9.17) is 10.5 Å². The van der Waals surface area contributed by atoms with Gasteiger partial charge in [-0.05, 0) is 26.7 Å². The molecule has 2 rings (SSSR count). The van der Waals surface area contributed by atoms with E-state index in [-0.39, 0.29) is 6.10 Å². The lowest BCUT2D eigenvalue weighted by molar-refractivity contribution is 0.0519. The van der Waals surface area contributed by atoms with Crippen LogP contribution in [0.3, 0.4) is 0 Å². The molecule has 2 heterocycles. The summed E-state index contributed by atoms with van der Waals surface area (Å²) < 4.78 is 5.62. The van der Waals surface area contributed by atoms with Gasteiger partial charge in [0, 0.05) is 17.7 Å². The minimum Gasteiger partial charge on any atom is -0.376 e. The van der Waals surface area contributed by atoms with Gasteiger partial charge < -0.3 is 10.5 Å². The summed E-state index contributed by atoms with van der Waals surface area (Å²) in [5, 5.41) is 3.02. The van der Waals surface area contributed by atoms with E-state index in [0.717, 1.165) is 30.2 Å². The van der Waals surface area contributed by atoms with E-state index in [0.29, 0.717) is 0 Å². The molecule has 0 bridgehead atoms. The Kier molecular flexibility index (Phi) is 2.60. The minimum atomic E-state index is -0.421. The maximum Gasteiger partial charge on any atom is 0.115 e. The average Bonchev–Trinajstić information content (AvgIpc) is 2.72. The Morgan fingerprint density at radius 2 is 2.50 bits per heavy atom. The zero-order chi connectivity index (χ0) is 10.2. The van der Waals surface area contributed by atoms with Crippen LogP contribution in [0.5, 0.6) is 0 Å². The molecule has 1 saturated heterocycles. The van der Waals surface area contributed by atoms with Gasteiger partial charge in [-0.3, -0.25) is 0 Å². The van der Waals surface area contributed by atoms with E-state index in [1.165, 1.54) is 0 Å². The molecule has 2 atom stereocenters. The molecule has 1 aromatic rings. The zero-order valence-electron chi connectivity index (χ0n) is 8.62. The molecule has 0 saturated carbocycles. The second-order valence-corrected chi connectivity index (χ2v) is 4.94. The van der Waals surface area contributed by atoms with Crippen molar-refractivity contribution in [1.29, 1.82) is 0 Å². The fraction of sp³-hybridized carbons (Fsp3) is 0.700. The molecular formula is C10H16N2OS. The van der Waals surface area contributed by atoms with Crippen LogP contribution in [0, 0.1) is 6.92 Å². The molecule has 78 valence electrons. The molecule has 1 aliphatic rings. The van der Waals surface area contributed by atoms with Crippen LogP contribution in [0.25, 0.3) is 0 Å². The molecular weight excluding hydrogens is 196 g/mol. The largest absolute Gasteiger partial charge is 0.376 e. The standard InChI is InChI=1S/C10H16N2OS/c1-7-6-14-9(12-7)10(2,11)8-4-3-5-13-8/h6,8H,3-5,11H2,1-2H3. The van der Waals surface area contributed by atoms with Crippen molar-refractivity contribution in [3.05, 3.63) is 16.1 Å². The fourth-order valence-corrected chi connectivity index (χ4v) is 2.71. The molecule has 3 nitrogen and oxygen atoms in total. The van der Waals surface area contributed by atoms with Crippen LogP contribution in [0.1, 0.15) is 30.5 Å². The highest BCUT2D eigenvalue weighted by molar-refractivity contribution is 7.09. The molecule has 1 aromatic heterocycles. The summed E-state index contributed by atoms with van der Waals surface area (Å²) in [6.45, 7) is 4.84. The smallest absolute Gasteiger partial charge is 0.115 e. The fourth-order valence-electron chi connectivity index (χ4n) is 1.79. The third-order valence-electron chi connectivity index (χ3n) is 2.68. The van der Waals surface area contributed by atoms with Gasteiger partial charge in [-0.1, -0.05) is 0 Å². The van der Waals surface area contributed by atoms with Gasteiger partial charge in [0.15, 0.2) is 0 Å². The summed E-state index contributed by atoms with van der Waals surface area (Å²) in [4.78, 5) is 4.44. The van der Waals surface area contributed by atoms with Crippen LogP contribution in [-0.2, 0) is 10.3 Å². The molecule has 1 fully saturated rings. The number of aryl methyl sites for hydroxylation is 1. The number of thiazole rings is 1. The van der Waals surface area contributed by atoms with Crippen molar-refractivity contribution < 1.29 is 4.74 Å². The van der Waals surface area contributed by atoms with Crippen LogP contribution in [0.15, 0.2) is 5.38 Å². The Morgan fingerprint density at radius 1 is 1.71 bits per heavy atom. The molecule has 4 heteroatoms.